The number of carbonyl (C=O) groups is 3. The molecule has 8 heteroatoms. The molecule has 0 aliphatic carbocycles. The fraction of sp³-hybridized carbons (Fsp3) is 0.812. The van der Waals surface area contributed by atoms with Crippen molar-refractivity contribution < 1.29 is 19.1 Å². The second-order valence-corrected chi connectivity index (χ2v) is 7.26. The van der Waals surface area contributed by atoms with Gasteiger partial charge in [0.05, 0.1) is 0 Å². The van der Waals surface area contributed by atoms with Crippen molar-refractivity contribution in [1.82, 2.24) is 20.4 Å². The van der Waals surface area contributed by atoms with E-state index in [2.05, 4.69) is 15.5 Å². The van der Waals surface area contributed by atoms with Gasteiger partial charge in [-0.3, -0.25) is 14.5 Å². The molecule has 0 aromatic heterocycles. The van der Waals surface area contributed by atoms with Crippen molar-refractivity contribution in [3.05, 3.63) is 0 Å². The van der Waals surface area contributed by atoms with E-state index in [1.807, 2.05) is 20.8 Å². The second kappa shape index (κ2) is 7.83. The Hall–Kier alpha value is -1.83. The standard InChI is InChI=1S/C16H28N4O4/c1-16(2,3)24-15(23)20-10-8-19(9-11-20)7-6-17-14(22)12-4-5-13(21)18-12/h12H,4-11H2,1-3H3,(H,17,22)(H,18,21). The number of nitrogens with one attached hydrogen (secondary N) is 2. The molecule has 1 unspecified atom stereocenters. The van der Waals surface area contributed by atoms with Crippen LogP contribution in [0.2, 0.25) is 0 Å². The zero-order valence-corrected chi connectivity index (χ0v) is 14.8. The van der Waals surface area contributed by atoms with Gasteiger partial charge in [-0.15, -0.1) is 0 Å². The molecule has 2 N–H and O–H groups in total. The van der Waals surface area contributed by atoms with Gasteiger partial charge in [0.25, 0.3) is 0 Å². The molecule has 2 heterocycles. The van der Waals surface area contributed by atoms with Crippen LogP contribution in [0.5, 0.6) is 0 Å². The lowest BCUT2D eigenvalue weighted by Gasteiger charge is -2.35. The fourth-order valence-corrected chi connectivity index (χ4v) is 2.75. The first kappa shape index (κ1) is 18.5. The molecule has 0 saturated carbocycles. The van der Waals surface area contributed by atoms with Crippen LogP contribution in [0, 0.1) is 0 Å². The minimum Gasteiger partial charge on any atom is -0.444 e. The van der Waals surface area contributed by atoms with Crippen LogP contribution >= 0.6 is 0 Å². The number of hydrogen-bond acceptors (Lipinski definition) is 5. The molecule has 8 nitrogen and oxygen atoms in total. The number of hydrogen-bond donors (Lipinski definition) is 2. The van der Waals surface area contributed by atoms with E-state index in [4.69, 9.17) is 4.74 Å². The molecular weight excluding hydrogens is 312 g/mol. The quantitative estimate of drug-likeness (QED) is 0.748. The molecule has 2 aliphatic heterocycles. The highest BCUT2D eigenvalue weighted by atomic mass is 16.6. The summed E-state index contributed by atoms with van der Waals surface area (Å²) in [7, 11) is 0. The summed E-state index contributed by atoms with van der Waals surface area (Å²) in [6.07, 6.45) is 0.719. The van der Waals surface area contributed by atoms with Crippen LogP contribution in [0.1, 0.15) is 33.6 Å². The Morgan fingerprint density at radius 1 is 1.25 bits per heavy atom. The van der Waals surface area contributed by atoms with Gasteiger partial charge in [-0.1, -0.05) is 0 Å². The van der Waals surface area contributed by atoms with E-state index in [0.717, 1.165) is 19.6 Å². The highest BCUT2D eigenvalue weighted by Crippen LogP contribution is 2.11. The largest absolute Gasteiger partial charge is 0.444 e. The summed E-state index contributed by atoms with van der Waals surface area (Å²) in [5.74, 6) is -0.179. The summed E-state index contributed by atoms with van der Waals surface area (Å²) in [5.41, 5.74) is -0.478. The third kappa shape index (κ3) is 5.67. The maximum absolute atomic E-state index is 12.0. The first-order chi connectivity index (χ1) is 11.2. The highest BCUT2D eigenvalue weighted by Gasteiger charge is 2.28. The van der Waals surface area contributed by atoms with Crippen LogP contribution in [0.15, 0.2) is 0 Å². The van der Waals surface area contributed by atoms with Gasteiger partial charge in [0.1, 0.15) is 11.6 Å². The zero-order chi connectivity index (χ0) is 17.7. The van der Waals surface area contributed by atoms with Crippen LogP contribution in [-0.4, -0.2) is 78.6 Å². The van der Waals surface area contributed by atoms with Crippen LogP contribution in [0.3, 0.4) is 0 Å². The molecule has 1 atom stereocenters. The SMILES string of the molecule is CC(C)(C)OC(=O)N1CCN(CCNC(=O)C2CCC(=O)N2)CC1. The number of ether oxygens (including phenoxy) is 1. The van der Waals surface area contributed by atoms with Gasteiger partial charge >= 0.3 is 6.09 Å². The van der Waals surface area contributed by atoms with Crippen molar-refractivity contribution in [2.45, 2.75) is 45.3 Å². The van der Waals surface area contributed by atoms with E-state index < -0.39 is 5.60 Å². The van der Waals surface area contributed by atoms with E-state index in [1.165, 1.54) is 0 Å². The first-order valence-electron chi connectivity index (χ1n) is 8.52. The van der Waals surface area contributed by atoms with E-state index in [0.29, 0.717) is 32.5 Å². The summed E-state index contributed by atoms with van der Waals surface area (Å²) in [6, 6.07) is -0.387. The molecule has 0 bridgehead atoms. The van der Waals surface area contributed by atoms with Crippen LogP contribution in [-0.2, 0) is 14.3 Å². The Morgan fingerprint density at radius 2 is 1.92 bits per heavy atom. The normalized spacial score (nSPS) is 22.2. The van der Waals surface area contributed by atoms with Crippen molar-refractivity contribution in [2.75, 3.05) is 39.3 Å². The van der Waals surface area contributed by atoms with Gasteiger partial charge in [0.15, 0.2) is 0 Å². The number of piperazine rings is 1. The molecule has 3 amide bonds. The van der Waals surface area contributed by atoms with Gasteiger partial charge in [-0.2, -0.15) is 0 Å². The van der Waals surface area contributed by atoms with Gasteiger partial charge in [0.2, 0.25) is 11.8 Å². The Kier molecular flexibility index (Phi) is 6.04. The molecule has 24 heavy (non-hydrogen) atoms. The lowest BCUT2D eigenvalue weighted by atomic mass is 10.2. The van der Waals surface area contributed by atoms with Crippen molar-refractivity contribution in [1.29, 1.82) is 0 Å². The van der Waals surface area contributed by atoms with Crippen molar-refractivity contribution in [3.63, 3.8) is 0 Å². The average molecular weight is 340 g/mol. The third-order valence-electron chi connectivity index (χ3n) is 4.06. The summed E-state index contributed by atoms with van der Waals surface area (Å²) in [4.78, 5) is 38.9. The van der Waals surface area contributed by atoms with Gasteiger partial charge in [0, 0.05) is 45.7 Å². The maximum Gasteiger partial charge on any atom is 0.410 e. The van der Waals surface area contributed by atoms with Gasteiger partial charge in [-0.05, 0) is 27.2 Å². The third-order valence-corrected chi connectivity index (χ3v) is 4.06. The molecule has 0 aromatic rings. The first-order valence-corrected chi connectivity index (χ1v) is 8.52. The Morgan fingerprint density at radius 3 is 2.46 bits per heavy atom. The molecule has 2 aliphatic rings. The van der Waals surface area contributed by atoms with Crippen molar-refractivity contribution in [2.24, 2.45) is 0 Å². The molecular formula is C16H28N4O4. The summed E-state index contributed by atoms with van der Waals surface area (Å²) >= 11 is 0. The number of carbonyl (C=O) groups excluding carboxylic acids is 3. The Balaban J connectivity index is 1.62. The molecule has 2 rings (SSSR count). The molecule has 2 fully saturated rings. The van der Waals surface area contributed by atoms with Crippen molar-refractivity contribution in [3.8, 4) is 0 Å². The number of rotatable bonds is 4. The monoisotopic (exact) mass is 340 g/mol. The van der Waals surface area contributed by atoms with E-state index >= 15 is 0 Å². The second-order valence-electron chi connectivity index (χ2n) is 7.26. The smallest absolute Gasteiger partial charge is 0.410 e. The van der Waals surface area contributed by atoms with Crippen LogP contribution in [0.25, 0.3) is 0 Å². The summed E-state index contributed by atoms with van der Waals surface area (Å²) < 4.78 is 5.37. The minimum absolute atomic E-state index is 0.0617. The fourth-order valence-electron chi connectivity index (χ4n) is 2.75. The summed E-state index contributed by atoms with van der Waals surface area (Å²) in [5, 5.41) is 5.51. The Labute approximate surface area is 142 Å². The molecule has 0 aromatic carbocycles. The topological polar surface area (TPSA) is 91.0 Å². The zero-order valence-electron chi connectivity index (χ0n) is 14.8. The lowest BCUT2D eigenvalue weighted by Crippen LogP contribution is -2.51. The number of amides is 3. The molecule has 0 radical (unpaired) electrons. The van der Waals surface area contributed by atoms with E-state index in [1.54, 1.807) is 4.90 Å². The van der Waals surface area contributed by atoms with Crippen LogP contribution < -0.4 is 10.6 Å². The van der Waals surface area contributed by atoms with E-state index in [-0.39, 0.29) is 23.9 Å². The van der Waals surface area contributed by atoms with Gasteiger partial charge in [-0.25, -0.2) is 4.79 Å². The maximum atomic E-state index is 12.0. The van der Waals surface area contributed by atoms with Crippen LogP contribution in [0.4, 0.5) is 4.79 Å². The Bertz CT molecular complexity index is 481. The summed E-state index contributed by atoms with van der Waals surface area (Å²) in [6.45, 7) is 9.61. The van der Waals surface area contributed by atoms with E-state index in [9.17, 15) is 14.4 Å². The number of nitrogens with zero attached hydrogens (tertiary/aromatic N) is 2. The highest BCUT2D eigenvalue weighted by molar-refractivity contribution is 5.90. The lowest BCUT2D eigenvalue weighted by molar-refractivity contribution is -0.125. The molecule has 0 spiro atoms. The van der Waals surface area contributed by atoms with Crippen molar-refractivity contribution >= 4 is 17.9 Å². The van der Waals surface area contributed by atoms with Gasteiger partial charge < -0.3 is 20.3 Å². The molecule has 136 valence electrons. The predicted octanol–water partition coefficient (Wildman–Crippen LogP) is -0.0661. The minimum atomic E-state index is -0.478. The average Bonchev–Trinajstić information content (AvgIpc) is 2.93. The predicted molar refractivity (Wildman–Crippen MR) is 88.4 cm³/mol. The molecule has 2 saturated heterocycles.